The molecule has 2 aromatic rings. The summed E-state index contributed by atoms with van der Waals surface area (Å²) in [5.74, 6) is 0. The van der Waals surface area contributed by atoms with E-state index in [1.54, 1.807) is 4.90 Å². The second-order valence-electron chi connectivity index (χ2n) is 6.52. The Labute approximate surface area is 156 Å². The van der Waals surface area contributed by atoms with Gasteiger partial charge in [0, 0.05) is 4.47 Å². The molecule has 4 rings (SSSR count). The van der Waals surface area contributed by atoms with Gasteiger partial charge in [0.1, 0.15) is 6.10 Å². The number of hydrogen-bond donors (Lipinski definition) is 0. The Balaban J connectivity index is 1.68. The lowest BCUT2D eigenvalue weighted by Gasteiger charge is -2.24. The van der Waals surface area contributed by atoms with Crippen molar-refractivity contribution in [3.63, 3.8) is 0 Å². The molecule has 2 heterocycles. The SMILES string of the molecule is O=C1O[C@H](c2ccccc2)[C@@H]2CC[C@@H](c3cc(C(F)(F)F)ccc3Br)N12. The number of fused-ring (bicyclic) bond motifs is 1. The molecule has 0 bridgehead atoms. The number of hydrogen-bond acceptors (Lipinski definition) is 2. The van der Waals surface area contributed by atoms with Crippen molar-refractivity contribution in [1.29, 1.82) is 0 Å². The van der Waals surface area contributed by atoms with Gasteiger partial charge >= 0.3 is 12.3 Å². The quantitative estimate of drug-likeness (QED) is 0.602. The summed E-state index contributed by atoms with van der Waals surface area (Å²) in [6.45, 7) is 0. The van der Waals surface area contributed by atoms with Crippen molar-refractivity contribution in [2.24, 2.45) is 0 Å². The zero-order valence-electron chi connectivity index (χ0n) is 13.5. The van der Waals surface area contributed by atoms with Crippen LogP contribution in [0.1, 0.15) is 41.7 Å². The molecule has 0 saturated carbocycles. The maximum atomic E-state index is 13.1. The fourth-order valence-corrected chi connectivity index (χ4v) is 4.37. The summed E-state index contributed by atoms with van der Waals surface area (Å²) in [5, 5.41) is 0. The number of alkyl halides is 3. The minimum Gasteiger partial charge on any atom is -0.439 e. The largest absolute Gasteiger partial charge is 0.439 e. The number of nitrogens with zero attached hydrogens (tertiary/aromatic N) is 1. The first kappa shape index (κ1) is 17.4. The highest BCUT2D eigenvalue weighted by atomic mass is 79.9. The van der Waals surface area contributed by atoms with Crippen molar-refractivity contribution < 1.29 is 22.7 Å². The minimum atomic E-state index is -4.43. The zero-order chi connectivity index (χ0) is 18.5. The van der Waals surface area contributed by atoms with E-state index in [2.05, 4.69) is 15.9 Å². The monoisotopic (exact) mass is 425 g/mol. The van der Waals surface area contributed by atoms with Gasteiger partial charge in [-0.1, -0.05) is 46.3 Å². The summed E-state index contributed by atoms with van der Waals surface area (Å²) in [5.41, 5.74) is 0.649. The minimum absolute atomic E-state index is 0.170. The van der Waals surface area contributed by atoms with Crippen LogP contribution in [0.5, 0.6) is 0 Å². The number of ether oxygens (including phenoxy) is 1. The highest BCUT2D eigenvalue weighted by Crippen LogP contribution is 2.49. The van der Waals surface area contributed by atoms with Crippen LogP contribution in [0.3, 0.4) is 0 Å². The third-order valence-corrected chi connectivity index (χ3v) is 5.75. The zero-order valence-corrected chi connectivity index (χ0v) is 15.1. The van der Waals surface area contributed by atoms with Crippen LogP contribution < -0.4 is 0 Å². The van der Waals surface area contributed by atoms with E-state index in [0.29, 0.717) is 22.9 Å². The van der Waals surface area contributed by atoms with Crippen LogP contribution in [0, 0.1) is 0 Å². The molecule has 2 aromatic carbocycles. The lowest BCUT2D eigenvalue weighted by molar-refractivity contribution is -0.137. The summed E-state index contributed by atoms with van der Waals surface area (Å²) in [4.78, 5) is 14.1. The average Bonchev–Trinajstić information content (AvgIpc) is 3.17. The topological polar surface area (TPSA) is 29.5 Å². The van der Waals surface area contributed by atoms with E-state index in [9.17, 15) is 18.0 Å². The van der Waals surface area contributed by atoms with E-state index in [1.165, 1.54) is 6.07 Å². The number of cyclic esters (lactones) is 1. The Morgan fingerprint density at radius 1 is 1.08 bits per heavy atom. The number of halogens is 4. The van der Waals surface area contributed by atoms with Gasteiger partial charge in [-0.25, -0.2) is 4.79 Å². The molecule has 2 aliphatic heterocycles. The van der Waals surface area contributed by atoms with Crippen LogP contribution in [-0.4, -0.2) is 17.0 Å². The molecule has 3 nitrogen and oxygen atoms in total. The van der Waals surface area contributed by atoms with Crippen LogP contribution in [0.15, 0.2) is 53.0 Å². The maximum Gasteiger partial charge on any atom is 0.416 e. The van der Waals surface area contributed by atoms with Crippen LogP contribution in [0.2, 0.25) is 0 Å². The Morgan fingerprint density at radius 2 is 1.81 bits per heavy atom. The Morgan fingerprint density at radius 3 is 2.50 bits per heavy atom. The number of carbonyl (C=O) groups excluding carboxylic acids is 1. The molecule has 0 aromatic heterocycles. The van der Waals surface area contributed by atoms with Crippen molar-refractivity contribution in [1.82, 2.24) is 4.90 Å². The summed E-state index contributed by atoms with van der Waals surface area (Å²) in [6.07, 6.45) is -4.01. The normalized spacial score (nSPS) is 25.3. The first-order valence-electron chi connectivity index (χ1n) is 8.27. The van der Waals surface area contributed by atoms with Crippen molar-refractivity contribution in [2.45, 2.75) is 37.2 Å². The molecule has 0 spiro atoms. The van der Waals surface area contributed by atoms with Gasteiger partial charge in [-0.15, -0.1) is 0 Å². The Hall–Kier alpha value is -2.02. The van der Waals surface area contributed by atoms with Gasteiger partial charge in [0.15, 0.2) is 0 Å². The predicted molar refractivity (Wildman–Crippen MR) is 92.4 cm³/mol. The molecule has 0 radical (unpaired) electrons. The van der Waals surface area contributed by atoms with Gasteiger partial charge < -0.3 is 4.74 Å². The fourth-order valence-electron chi connectivity index (χ4n) is 3.86. The summed E-state index contributed by atoms with van der Waals surface area (Å²) >= 11 is 3.34. The number of amides is 1. The lowest BCUT2D eigenvalue weighted by Crippen LogP contribution is -2.30. The molecule has 7 heteroatoms. The molecule has 26 heavy (non-hydrogen) atoms. The number of rotatable bonds is 2. The van der Waals surface area contributed by atoms with E-state index in [4.69, 9.17) is 4.74 Å². The molecular weight excluding hydrogens is 411 g/mol. The maximum absolute atomic E-state index is 13.1. The molecular formula is C19H15BrF3NO2. The molecule has 2 fully saturated rings. The standard InChI is InChI=1S/C19H15BrF3NO2/c20-14-7-6-12(19(21,22)23)10-13(14)15-8-9-16-17(26-18(25)24(15)16)11-4-2-1-3-5-11/h1-7,10,15-17H,8-9H2/t15-,16-,17+/m0/s1. The molecule has 2 aliphatic rings. The second-order valence-corrected chi connectivity index (χ2v) is 7.37. The number of carbonyl (C=O) groups is 1. The smallest absolute Gasteiger partial charge is 0.416 e. The van der Waals surface area contributed by atoms with Crippen LogP contribution in [0.4, 0.5) is 18.0 Å². The first-order chi connectivity index (χ1) is 12.4. The highest BCUT2D eigenvalue weighted by Gasteiger charge is 2.50. The van der Waals surface area contributed by atoms with E-state index in [-0.39, 0.29) is 6.04 Å². The van der Waals surface area contributed by atoms with Crippen LogP contribution in [-0.2, 0) is 10.9 Å². The molecule has 2 saturated heterocycles. The summed E-state index contributed by atoms with van der Waals surface area (Å²) < 4.78 is 45.4. The predicted octanol–water partition coefficient (Wildman–Crippen LogP) is 5.86. The van der Waals surface area contributed by atoms with Crippen LogP contribution >= 0.6 is 15.9 Å². The van der Waals surface area contributed by atoms with Crippen molar-refractivity contribution in [2.75, 3.05) is 0 Å². The molecule has 3 atom stereocenters. The molecule has 136 valence electrons. The fraction of sp³-hybridized carbons (Fsp3) is 0.316. The highest BCUT2D eigenvalue weighted by molar-refractivity contribution is 9.10. The van der Waals surface area contributed by atoms with Crippen molar-refractivity contribution in [3.05, 3.63) is 69.7 Å². The lowest BCUT2D eigenvalue weighted by atomic mass is 10.0. The van der Waals surface area contributed by atoms with E-state index in [1.807, 2.05) is 30.3 Å². The average molecular weight is 426 g/mol. The van der Waals surface area contributed by atoms with Gasteiger partial charge in [0.05, 0.1) is 17.6 Å². The Kier molecular flexibility index (Phi) is 4.22. The second kappa shape index (κ2) is 6.30. The molecule has 0 unspecified atom stereocenters. The van der Waals surface area contributed by atoms with Gasteiger partial charge in [-0.3, -0.25) is 4.90 Å². The van der Waals surface area contributed by atoms with E-state index >= 15 is 0 Å². The van der Waals surface area contributed by atoms with Gasteiger partial charge in [0.25, 0.3) is 0 Å². The van der Waals surface area contributed by atoms with E-state index < -0.39 is 30.0 Å². The van der Waals surface area contributed by atoms with Gasteiger partial charge in [0.2, 0.25) is 0 Å². The van der Waals surface area contributed by atoms with E-state index in [0.717, 1.165) is 17.7 Å². The van der Waals surface area contributed by atoms with Gasteiger partial charge in [-0.05, 0) is 42.2 Å². The third kappa shape index (κ3) is 2.88. The third-order valence-electron chi connectivity index (χ3n) is 5.03. The van der Waals surface area contributed by atoms with Crippen molar-refractivity contribution in [3.8, 4) is 0 Å². The molecule has 1 amide bonds. The summed E-state index contributed by atoms with van der Waals surface area (Å²) in [6, 6.07) is 12.4. The van der Waals surface area contributed by atoms with Gasteiger partial charge in [-0.2, -0.15) is 13.2 Å². The first-order valence-corrected chi connectivity index (χ1v) is 9.06. The molecule has 0 N–H and O–H groups in total. The van der Waals surface area contributed by atoms with Crippen molar-refractivity contribution >= 4 is 22.0 Å². The van der Waals surface area contributed by atoms with Crippen LogP contribution in [0.25, 0.3) is 0 Å². The Bertz CT molecular complexity index is 840. The summed E-state index contributed by atoms with van der Waals surface area (Å²) in [7, 11) is 0. The number of benzene rings is 2. The molecule has 0 aliphatic carbocycles.